The summed E-state index contributed by atoms with van der Waals surface area (Å²) in [6, 6.07) is 0. The number of unbranched alkanes of at least 4 members (excludes halogenated alkanes) is 18. The molecule has 6 nitrogen and oxygen atoms in total. The minimum Gasteiger partial charge on any atom is -0.756 e. The van der Waals surface area contributed by atoms with E-state index in [0.29, 0.717) is 0 Å². The van der Waals surface area contributed by atoms with Crippen LogP contribution in [-0.2, 0) is 13.6 Å². The van der Waals surface area contributed by atoms with Crippen molar-refractivity contribution in [1.29, 1.82) is 0 Å². The van der Waals surface area contributed by atoms with Crippen LogP contribution in [0.5, 0.6) is 0 Å². The highest BCUT2D eigenvalue weighted by atomic mass is 31.2. The summed E-state index contributed by atoms with van der Waals surface area (Å²) in [7, 11) is 9.42. The summed E-state index contributed by atoms with van der Waals surface area (Å²) >= 11 is 0. The minimum atomic E-state index is -4.13. The van der Waals surface area contributed by atoms with Crippen molar-refractivity contribution in [3.8, 4) is 0 Å². The summed E-state index contributed by atoms with van der Waals surface area (Å²) in [5.41, 5.74) is 0. The van der Waals surface area contributed by atoms with Crippen molar-refractivity contribution in [3.63, 3.8) is 0 Å². The number of phosphoric ester groups is 1. The molecule has 0 rings (SSSR count). The number of rotatable bonds is 28. The Labute approximate surface area is 232 Å². The second-order valence-corrected chi connectivity index (χ2v) is 14.6. The fraction of sp³-hybridized carbons (Fsp3) is 1.00. The summed E-state index contributed by atoms with van der Waals surface area (Å²) in [6.07, 6.45) is 24.4. The molecule has 7 heteroatoms. The van der Waals surface area contributed by atoms with Crippen molar-refractivity contribution >= 4 is 7.82 Å². The molecule has 0 aliphatic carbocycles. The fourth-order valence-corrected chi connectivity index (χ4v) is 5.37. The van der Waals surface area contributed by atoms with Crippen LogP contribution in [-0.4, -0.2) is 77.6 Å². The Bertz CT molecular complexity index is 503. The third kappa shape index (κ3) is 32.1. The first kappa shape index (κ1) is 37.0. The lowest BCUT2D eigenvalue weighted by Gasteiger charge is -2.23. The van der Waals surface area contributed by atoms with Crippen LogP contribution >= 0.6 is 7.82 Å². The van der Waals surface area contributed by atoms with Crippen molar-refractivity contribution in [2.75, 3.05) is 68.6 Å². The average molecular weight is 550 g/mol. The van der Waals surface area contributed by atoms with Gasteiger partial charge in [-0.25, -0.2) is 0 Å². The van der Waals surface area contributed by atoms with E-state index in [2.05, 4.69) is 42.3 Å². The Morgan fingerprint density at radius 3 is 0.892 bits per heavy atom. The van der Waals surface area contributed by atoms with Gasteiger partial charge in [0.05, 0.1) is 68.6 Å². The highest BCUT2D eigenvalue weighted by molar-refractivity contribution is 7.45. The lowest BCUT2D eigenvalue weighted by atomic mass is 10.1. The molecule has 0 aliphatic heterocycles. The molecule has 0 unspecified atom stereocenters. The molecule has 0 heterocycles. The maximum atomic E-state index is 11.9. The molecule has 0 saturated carbocycles. The Hall–Kier alpha value is 0.0300. The van der Waals surface area contributed by atoms with Gasteiger partial charge >= 0.3 is 0 Å². The van der Waals surface area contributed by atoms with Crippen molar-refractivity contribution in [2.45, 2.75) is 128 Å². The van der Waals surface area contributed by atoms with Crippen molar-refractivity contribution in [2.24, 2.45) is 0 Å². The first-order valence-corrected chi connectivity index (χ1v) is 17.1. The second-order valence-electron chi connectivity index (χ2n) is 13.2. The van der Waals surface area contributed by atoms with E-state index in [-0.39, 0.29) is 13.2 Å². The third-order valence-electron chi connectivity index (χ3n) is 6.95. The first-order chi connectivity index (χ1) is 17.4. The first-order valence-electron chi connectivity index (χ1n) is 15.6. The van der Waals surface area contributed by atoms with Gasteiger partial charge in [-0.2, -0.15) is 0 Å². The Kier molecular flexibility index (Phi) is 22.8. The van der Waals surface area contributed by atoms with Gasteiger partial charge in [0.1, 0.15) is 0 Å². The molecular weight excluding hydrogens is 483 g/mol. The molecule has 0 aromatic carbocycles. The summed E-state index contributed by atoms with van der Waals surface area (Å²) in [5.74, 6) is 0. The second kappa shape index (κ2) is 22.8. The van der Waals surface area contributed by atoms with Crippen molar-refractivity contribution in [1.82, 2.24) is 0 Å². The molecule has 0 amide bonds. The van der Waals surface area contributed by atoms with Crippen LogP contribution in [0.15, 0.2) is 0 Å². The molecule has 0 aromatic rings. The Morgan fingerprint density at radius 1 is 0.432 bits per heavy atom. The molecule has 0 atom stereocenters. The number of phosphoric acid groups is 1. The van der Waals surface area contributed by atoms with Gasteiger partial charge in [-0.3, -0.25) is 4.57 Å². The topological polar surface area (TPSA) is 58.6 Å². The van der Waals surface area contributed by atoms with Crippen LogP contribution in [0, 0.1) is 0 Å². The minimum absolute atomic E-state index is 0.252. The van der Waals surface area contributed by atoms with Crippen LogP contribution in [0.2, 0.25) is 0 Å². The van der Waals surface area contributed by atoms with Crippen LogP contribution < -0.4 is 4.89 Å². The van der Waals surface area contributed by atoms with Gasteiger partial charge in [0.25, 0.3) is 7.82 Å². The highest BCUT2D eigenvalue weighted by Gasteiger charge is 2.09. The molecular formula is C30H66N2O4P+. The van der Waals surface area contributed by atoms with Gasteiger partial charge in [-0.1, -0.05) is 89.9 Å². The van der Waals surface area contributed by atoms with Gasteiger partial charge in [0, 0.05) is 0 Å². The summed E-state index contributed by atoms with van der Waals surface area (Å²) in [6.45, 7) is 3.04. The quantitative estimate of drug-likeness (QED) is 0.0570. The average Bonchev–Trinajstić information content (AvgIpc) is 2.78. The predicted molar refractivity (Wildman–Crippen MR) is 158 cm³/mol. The molecule has 0 spiro atoms. The summed E-state index contributed by atoms with van der Waals surface area (Å²) in [4.78, 5) is 11.9. The van der Waals surface area contributed by atoms with Crippen molar-refractivity contribution < 1.29 is 27.5 Å². The van der Waals surface area contributed by atoms with Crippen LogP contribution in [0.3, 0.4) is 0 Å². The molecule has 0 N–H and O–H groups in total. The molecule has 0 aromatic heterocycles. The third-order valence-corrected chi connectivity index (χ3v) is 7.94. The van der Waals surface area contributed by atoms with Gasteiger partial charge in [0.2, 0.25) is 0 Å². The molecule has 224 valence electrons. The molecule has 0 radical (unpaired) electrons. The lowest BCUT2D eigenvalue weighted by Crippen LogP contribution is -2.35. The molecule has 0 fully saturated rings. The fourth-order valence-electron chi connectivity index (χ4n) is 4.59. The van der Waals surface area contributed by atoms with E-state index in [0.717, 1.165) is 47.5 Å². The van der Waals surface area contributed by atoms with Gasteiger partial charge in [-0.15, -0.1) is 0 Å². The maximum Gasteiger partial charge on any atom is 0.267 e. The number of hydrogen-bond donors (Lipinski definition) is 0. The van der Waals surface area contributed by atoms with E-state index in [1.54, 1.807) is 0 Å². The number of hydrogen-bond acceptors (Lipinski definition) is 4. The standard InChI is InChI=1S/C30H66N2O4P/c1-31(2,3)27-23-19-15-11-7-9-13-17-21-25-29-35-37(33,34)36-30-26-22-18-14-10-8-12-16-20-24-28-32(4,5)6/h7-30H2,1-6H3/q+1. The summed E-state index contributed by atoms with van der Waals surface area (Å²) < 4.78 is 24.1. The van der Waals surface area contributed by atoms with Crippen LogP contribution in [0.25, 0.3) is 0 Å². The largest absolute Gasteiger partial charge is 0.756 e. The maximum absolute atomic E-state index is 11.9. The zero-order chi connectivity index (χ0) is 27.9. The van der Waals surface area contributed by atoms with Crippen molar-refractivity contribution in [3.05, 3.63) is 0 Å². The number of quaternary nitrogens is 2. The van der Waals surface area contributed by atoms with E-state index in [4.69, 9.17) is 9.05 Å². The monoisotopic (exact) mass is 549 g/mol. The van der Waals surface area contributed by atoms with Gasteiger partial charge < -0.3 is 22.9 Å². The zero-order valence-electron chi connectivity index (χ0n) is 25.9. The predicted octanol–water partition coefficient (Wildman–Crippen LogP) is 7.70. The van der Waals surface area contributed by atoms with E-state index in [1.807, 2.05) is 0 Å². The van der Waals surface area contributed by atoms with E-state index in [9.17, 15) is 9.46 Å². The van der Waals surface area contributed by atoms with Crippen LogP contribution in [0.4, 0.5) is 0 Å². The Morgan fingerprint density at radius 2 is 0.649 bits per heavy atom. The van der Waals surface area contributed by atoms with E-state index >= 15 is 0 Å². The molecule has 0 aliphatic rings. The number of nitrogens with zero attached hydrogens (tertiary/aromatic N) is 2. The highest BCUT2D eigenvalue weighted by Crippen LogP contribution is 2.38. The Balaban J connectivity index is 3.35. The van der Waals surface area contributed by atoms with E-state index < -0.39 is 7.82 Å². The van der Waals surface area contributed by atoms with Gasteiger partial charge in [-0.05, 0) is 38.5 Å². The van der Waals surface area contributed by atoms with Gasteiger partial charge in [0.15, 0.2) is 0 Å². The zero-order valence-corrected chi connectivity index (χ0v) is 26.8. The van der Waals surface area contributed by atoms with E-state index in [1.165, 1.54) is 103 Å². The lowest BCUT2D eigenvalue weighted by molar-refractivity contribution is -0.870. The molecule has 0 bridgehead atoms. The normalized spacial score (nSPS) is 12.9. The SMILES string of the molecule is C[N+](C)(C)CCCCCCCCCCCCOP(=O)([O-])OCCCCCCCCCCCC[N+](C)(C)C. The smallest absolute Gasteiger partial charge is 0.267 e. The van der Waals surface area contributed by atoms with Crippen LogP contribution in [0.1, 0.15) is 128 Å². The molecule has 37 heavy (non-hydrogen) atoms. The summed E-state index contributed by atoms with van der Waals surface area (Å²) in [5, 5.41) is 0. The molecule has 0 saturated heterocycles.